The molecular weight excluding hydrogens is 157 g/mol. The zero-order chi connectivity index (χ0) is 9.19. The Labute approximate surface area is 72.5 Å². The first kappa shape index (κ1) is 9.49. The van der Waals surface area contributed by atoms with Gasteiger partial charge >= 0.3 is 0 Å². The second-order valence-electron chi connectivity index (χ2n) is 3.80. The molecule has 0 radical (unpaired) electrons. The highest BCUT2D eigenvalue weighted by atomic mass is 19.1. The topological polar surface area (TPSA) is 29.1 Å². The number of hydrogen-bond donors (Lipinski definition) is 1. The zero-order valence-electron chi connectivity index (χ0n) is 7.69. The summed E-state index contributed by atoms with van der Waals surface area (Å²) in [4.78, 5) is 11.3. The monoisotopic (exact) mass is 173 g/mol. The molecule has 3 heteroatoms. The SMILES string of the molecule is CC(C)NC(=O)C1(F)CCCC1. The van der Waals surface area contributed by atoms with Gasteiger partial charge in [0.25, 0.3) is 5.91 Å². The number of rotatable bonds is 2. The number of amides is 1. The van der Waals surface area contributed by atoms with E-state index in [4.69, 9.17) is 0 Å². The van der Waals surface area contributed by atoms with Gasteiger partial charge in [-0.1, -0.05) is 0 Å². The first-order valence-corrected chi connectivity index (χ1v) is 4.54. The fourth-order valence-electron chi connectivity index (χ4n) is 1.55. The minimum absolute atomic E-state index is 0.0331. The van der Waals surface area contributed by atoms with Gasteiger partial charge in [-0.2, -0.15) is 0 Å². The van der Waals surface area contributed by atoms with E-state index in [0.29, 0.717) is 12.8 Å². The molecule has 0 saturated heterocycles. The molecule has 0 spiro atoms. The van der Waals surface area contributed by atoms with Crippen LogP contribution >= 0.6 is 0 Å². The zero-order valence-corrected chi connectivity index (χ0v) is 7.69. The third-order valence-electron chi connectivity index (χ3n) is 2.22. The first-order chi connectivity index (χ1) is 5.54. The van der Waals surface area contributed by atoms with Crippen LogP contribution in [0.4, 0.5) is 4.39 Å². The maximum Gasteiger partial charge on any atom is 0.257 e. The van der Waals surface area contributed by atoms with Gasteiger partial charge < -0.3 is 5.32 Å². The van der Waals surface area contributed by atoms with Crippen LogP contribution in [-0.2, 0) is 4.79 Å². The summed E-state index contributed by atoms with van der Waals surface area (Å²) in [7, 11) is 0. The lowest BCUT2D eigenvalue weighted by atomic mass is 10.0. The van der Waals surface area contributed by atoms with Gasteiger partial charge in [-0.15, -0.1) is 0 Å². The number of alkyl halides is 1. The van der Waals surface area contributed by atoms with Crippen LogP contribution in [0, 0.1) is 0 Å². The molecule has 1 fully saturated rings. The Bertz CT molecular complexity index is 173. The number of halogens is 1. The fraction of sp³-hybridized carbons (Fsp3) is 0.889. The van der Waals surface area contributed by atoms with Crippen LogP contribution in [-0.4, -0.2) is 17.6 Å². The van der Waals surface area contributed by atoms with Crippen molar-refractivity contribution in [2.24, 2.45) is 0 Å². The molecule has 1 aliphatic carbocycles. The van der Waals surface area contributed by atoms with Crippen molar-refractivity contribution in [1.29, 1.82) is 0 Å². The molecule has 0 aromatic rings. The van der Waals surface area contributed by atoms with Gasteiger partial charge in [0.05, 0.1) is 0 Å². The maximum atomic E-state index is 13.7. The van der Waals surface area contributed by atoms with Crippen LogP contribution in [0.2, 0.25) is 0 Å². The summed E-state index contributed by atoms with van der Waals surface area (Å²) in [6.45, 7) is 3.69. The van der Waals surface area contributed by atoms with Gasteiger partial charge in [-0.05, 0) is 39.5 Å². The number of hydrogen-bond acceptors (Lipinski definition) is 1. The molecule has 0 bridgehead atoms. The average Bonchev–Trinajstić information content (AvgIpc) is 2.36. The summed E-state index contributed by atoms with van der Waals surface area (Å²) in [5, 5.41) is 2.61. The Morgan fingerprint density at radius 1 is 1.42 bits per heavy atom. The average molecular weight is 173 g/mol. The van der Waals surface area contributed by atoms with Crippen LogP contribution in [0.25, 0.3) is 0 Å². The maximum absolute atomic E-state index is 13.7. The molecule has 1 rings (SSSR count). The van der Waals surface area contributed by atoms with E-state index in [1.54, 1.807) is 0 Å². The van der Waals surface area contributed by atoms with Gasteiger partial charge in [0.1, 0.15) is 0 Å². The Kier molecular flexibility index (Phi) is 2.70. The smallest absolute Gasteiger partial charge is 0.257 e. The second kappa shape index (κ2) is 3.42. The number of carbonyl (C=O) groups is 1. The van der Waals surface area contributed by atoms with Crippen LogP contribution < -0.4 is 5.32 Å². The Hall–Kier alpha value is -0.600. The lowest BCUT2D eigenvalue weighted by molar-refractivity contribution is -0.133. The van der Waals surface area contributed by atoms with Crippen molar-refractivity contribution in [3.8, 4) is 0 Å². The van der Waals surface area contributed by atoms with Crippen molar-refractivity contribution in [1.82, 2.24) is 5.32 Å². The Morgan fingerprint density at radius 3 is 2.33 bits per heavy atom. The van der Waals surface area contributed by atoms with E-state index in [0.717, 1.165) is 12.8 Å². The van der Waals surface area contributed by atoms with Crippen molar-refractivity contribution in [2.75, 3.05) is 0 Å². The molecule has 1 amide bonds. The van der Waals surface area contributed by atoms with Crippen molar-refractivity contribution in [3.63, 3.8) is 0 Å². The number of nitrogens with one attached hydrogen (secondary N) is 1. The molecule has 0 heterocycles. The molecule has 0 aliphatic heterocycles. The van der Waals surface area contributed by atoms with Crippen LogP contribution in [0.15, 0.2) is 0 Å². The summed E-state index contributed by atoms with van der Waals surface area (Å²) in [5.74, 6) is -0.421. The normalized spacial score (nSPS) is 21.3. The minimum atomic E-state index is -1.57. The molecule has 12 heavy (non-hydrogen) atoms. The quantitative estimate of drug-likeness (QED) is 0.677. The van der Waals surface area contributed by atoms with E-state index >= 15 is 0 Å². The lowest BCUT2D eigenvalue weighted by Crippen LogP contribution is -2.44. The summed E-state index contributed by atoms with van der Waals surface area (Å²) >= 11 is 0. The fourth-order valence-corrected chi connectivity index (χ4v) is 1.55. The summed E-state index contributed by atoms with van der Waals surface area (Å²) < 4.78 is 13.7. The predicted molar refractivity (Wildman–Crippen MR) is 45.6 cm³/mol. The molecule has 1 saturated carbocycles. The number of carbonyl (C=O) groups excluding carboxylic acids is 1. The van der Waals surface area contributed by atoms with E-state index in [9.17, 15) is 9.18 Å². The minimum Gasteiger partial charge on any atom is -0.351 e. The molecule has 2 nitrogen and oxygen atoms in total. The molecule has 0 aromatic heterocycles. The summed E-state index contributed by atoms with van der Waals surface area (Å²) in [6.07, 6.45) is 2.46. The molecule has 0 atom stereocenters. The first-order valence-electron chi connectivity index (χ1n) is 4.54. The van der Waals surface area contributed by atoms with Gasteiger partial charge in [-0.3, -0.25) is 4.79 Å². The highest BCUT2D eigenvalue weighted by Gasteiger charge is 2.41. The van der Waals surface area contributed by atoms with E-state index in [1.807, 2.05) is 13.8 Å². The molecule has 1 N–H and O–H groups in total. The standard InChI is InChI=1S/C9H16FNO/c1-7(2)11-8(12)9(10)5-3-4-6-9/h7H,3-6H2,1-2H3,(H,11,12). The highest BCUT2D eigenvalue weighted by Crippen LogP contribution is 2.33. The van der Waals surface area contributed by atoms with Crippen molar-refractivity contribution >= 4 is 5.91 Å². The molecule has 70 valence electrons. The molecule has 0 aromatic carbocycles. The summed E-state index contributed by atoms with van der Waals surface area (Å²) in [6, 6.07) is 0.0331. The van der Waals surface area contributed by atoms with Crippen molar-refractivity contribution in [2.45, 2.75) is 51.2 Å². The largest absolute Gasteiger partial charge is 0.351 e. The van der Waals surface area contributed by atoms with Gasteiger partial charge in [0, 0.05) is 6.04 Å². The van der Waals surface area contributed by atoms with Crippen LogP contribution in [0.5, 0.6) is 0 Å². The second-order valence-corrected chi connectivity index (χ2v) is 3.80. The van der Waals surface area contributed by atoms with E-state index in [2.05, 4.69) is 5.32 Å². The van der Waals surface area contributed by atoms with E-state index < -0.39 is 11.6 Å². The lowest BCUT2D eigenvalue weighted by Gasteiger charge is -2.19. The van der Waals surface area contributed by atoms with Crippen LogP contribution in [0.3, 0.4) is 0 Å². The highest BCUT2D eigenvalue weighted by molar-refractivity contribution is 5.85. The van der Waals surface area contributed by atoms with Gasteiger partial charge in [0.2, 0.25) is 0 Å². The van der Waals surface area contributed by atoms with Crippen molar-refractivity contribution < 1.29 is 9.18 Å². The third-order valence-corrected chi connectivity index (χ3v) is 2.22. The van der Waals surface area contributed by atoms with Crippen LogP contribution in [0.1, 0.15) is 39.5 Å². The van der Waals surface area contributed by atoms with Gasteiger partial charge in [-0.25, -0.2) is 4.39 Å². The molecule has 1 aliphatic rings. The summed E-state index contributed by atoms with van der Waals surface area (Å²) in [5.41, 5.74) is -1.57. The third kappa shape index (κ3) is 1.96. The van der Waals surface area contributed by atoms with E-state index in [1.165, 1.54) is 0 Å². The Morgan fingerprint density at radius 2 is 1.92 bits per heavy atom. The molecule has 0 unspecified atom stereocenters. The van der Waals surface area contributed by atoms with Crippen molar-refractivity contribution in [3.05, 3.63) is 0 Å². The molecular formula is C9H16FNO. The van der Waals surface area contributed by atoms with E-state index in [-0.39, 0.29) is 6.04 Å². The predicted octanol–water partition coefficient (Wildman–Crippen LogP) is 1.79. The van der Waals surface area contributed by atoms with Gasteiger partial charge in [0.15, 0.2) is 5.67 Å². The Balaban J connectivity index is 2.50.